The molecule has 1 aliphatic carbocycles. The molecule has 1 unspecified atom stereocenters. The SMILES string of the molecule is C1=CC2=CNOCC2C=C1. The number of hydroxylamine groups is 1. The summed E-state index contributed by atoms with van der Waals surface area (Å²) in [5.41, 5.74) is 4.04. The van der Waals surface area contributed by atoms with Gasteiger partial charge in [-0.25, -0.2) is 0 Å². The van der Waals surface area contributed by atoms with Crippen molar-refractivity contribution >= 4 is 0 Å². The van der Waals surface area contributed by atoms with Crippen LogP contribution in [0, 0.1) is 5.92 Å². The van der Waals surface area contributed by atoms with Crippen LogP contribution in [0.3, 0.4) is 0 Å². The second-order valence-corrected chi connectivity index (χ2v) is 2.42. The molecule has 2 nitrogen and oxygen atoms in total. The molecule has 1 aliphatic heterocycles. The third kappa shape index (κ3) is 0.866. The third-order valence-corrected chi connectivity index (χ3v) is 1.74. The van der Waals surface area contributed by atoms with E-state index in [-0.39, 0.29) is 0 Å². The summed E-state index contributed by atoms with van der Waals surface area (Å²) in [6.45, 7) is 0.743. The van der Waals surface area contributed by atoms with Gasteiger partial charge in [-0.1, -0.05) is 24.3 Å². The van der Waals surface area contributed by atoms with Crippen molar-refractivity contribution in [2.75, 3.05) is 6.61 Å². The van der Waals surface area contributed by atoms with Gasteiger partial charge >= 0.3 is 0 Å². The highest BCUT2D eigenvalue weighted by molar-refractivity contribution is 5.33. The van der Waals surface area contributed by atoms with E-state index in [9.17, 15) is 0 Å². The molecule has 0 aromatic rings. The average molecular weight is 135 g/mol. The molecule has 2 heteroatoms. The Balaban J connectivity index is 2.27. The first kappa shape index (κ1) is 5.74. The van der Waals surface area contributed by atoms with Crippen LogP contribution in [0.25, 0.3) is 0 Å². The van der Waals surface area contributed by atoms with E-state index in [1.165, 1.54) is 5.57 Å². The lowest BCUT2D eigenvalue weighted by molar-refractivity contribution is 0.0477. The van der Waals surface area contributed by atoms with Gasteiger partial charge in [0.25, 0.3) is 0 Å². The Kier molecular flexibility index (Phi) is 1.32. The average Bonchev–Trinajstić information content (AvgIpc) is 2.05. The van der Waals surface area contributed by atoms with Gasteiger partial charge in [0.1, 0.15) is 0 Å². The minimum absolute atomic E-state index is 0.464. The Morgan fingerprint density at radius 1 is 1.50 bits per heavy atom. The third-order valence-electron chi connectivity index (χ3n) is 1.74. The van der Waals surface area contributed by atoms with E-state index < -0.39 is 0 Å². The molecule has 0 fully saturated rings. The standard InChI is InChI=1S/C8H9NO/c1-2-4-8-6-10-9-5-7(8)3-1/h1-5,8-9H,6H2. The lowest BCUT2D eigenvalue weighted by Crippen LogP contribution is -2.23. The normalized spacial score (nSPS) is 28.8. The Labute approximate surface area is 59.8 Å². The number of fused-ring (bicyclic) bond motifs is 1. The molecule has 2 aliphatic rings. The number of hydrogen-bond donors (Lipinski definition) is 1. The van der Waals surface area contributed by atoms with E-state index in [4.69, 9.17) is 4.84 Å². The van der Waals surface area contributed by atoms with Gasteiger partial charge in [-0.3, -0.25) is 10.3 Å². The summed E-state index contributed by atoms with van der Waals surface area (Å²) in [6.07, 6.45) is 10.2. The molecule has 10 heavy (non-hydrogen) atoms. The topological polar surface area (TPSA) is 21.3 Å². The molecule has 0 saturated carbocycles. The Bertz CT molecular complexity index is 215. The maximum Gasteiger partial charge on any atom is 0.0849 e. The van der Waals surface area contributed by atoms with E-state index in [2.05, 4.69) is 23.7 Å². The maximum absolute atomic E-state index is 5.03. The van der Waals surface area contributed by atoms with E-state index in [0.717, 1.165) is 6.61 Å². The highest BCUT2D eigenvalue weighted by Gasteiger charge is 2.14. The van der Waals surface area contributed by atoms with Crippen molar-refractivity contribution in [1.29, 1.82) is 0 Å². The monoisotopic (exact) mass is 135 g/mol. The van der Waals surface area contributed by atoms with Crippen LogP contribution in [0.5, 0.6) is 0 Å². The molecule has 0 bridgehead atoms. The van der Waals surface area contributed by atoms with Crippen LogP contribution >= 0.6 is 0 Å². The summed E-state index contributed by atoms with van der Waals surface area (Å²) in [6, 6.07) is 0. The summed E-state index contributed by atoms with van der Waals surface area (Å²) in [5, 5.41) is 0. The number of nitrogens with one attached hydrogen (secondary N) is 1. The molecule has 0 radical (unpaired) electrons. The molecule has 1 N–H and O–H groups in total. The first-order valence-electron chi connectivity index (χ1n) is 3.39. The van der Waals surface area contributed by atoms with Gasteiger partial charge in [-0.2, -0.15) is 0 Å². The van der Waals surface area contributed by atoms with Crippen LogP contribution in [0.15, 0.2) is 36.1 Å². The van der Waals surface area contributed by atoms with E-state index in [1.54, 1.807) is 0 Å². The number of rotatable bonds is 0. The van der Waals surface area contributed by atoms with Crippen molar-refractivity contribution < 1.29 is 4.84 Å². The quantitative estimate of drug-likeness (QED) is 0.538. The first-order valence-corrected chi connectivity index (χ1v) is 3.39. The first-order chi connectivity index (χ1) is 4.97. The van der Waals surface area contributed by atoms with Gasteiger partial charge in [0.15, 0.2) is 0 Å². The number of hydrogen-bond acceptors (Lipinski definition) is 2. The highest BCUT2D eigenvalue weighted by atomic mass is 16.6. The molecular weight excluding hydrogens is 126 g/mol. The lowest BCUT2D eigenvalue weighted by atomic mass is 9.96. The molecule has 1 heterocycles. The van der Waals surface area contributed by atoms with Crippen molar-refractivity contribution in [2.45, 2.75) is 0 Å². The Morgan fingerprint density at radius 2 is 2.50 bits per heavy atom. The fourth-order valence-electron chi connectivity index (χ4n) is 1.15. The van der Waals surface area contributed by atoms with Gasteiger partial charge in [0.2, 0.25) is 0 Å². The van der Waals surface area contributed by atoms with Crippen molar-refractivity contribution in [1.82, 2.24) is 5.48 Å². The van der Waals surface area contributed by atoms with Crippen molar-refractivity contribution in [3.05, 3.63) is 36.1 Å². The van der Waals surface area contributed by atoms with Crippen molar-refractivity contribution in [2.24, 2.45) is 5.92 Å². The van der Waals surface area contributed by atoms with Crippen LogP contribution in [-0.4, -0.2) is 6.61 Å². The van der Waals surface area contributed by atoms with Gasteiger partial charge < -0.3 is 0 Å². The van der Waals surface area contributed by atoms with Gasteiger partial charge in [0.05, 0.1) is 6.61 Å². The van der Waals surface area contributed by atoms with Crippen LogP contribution in [-0.2, 0) is 4.84 Å². The highest BCUT2D eigenvalue weighted by Crippen LogP contribution is 2.20. The van der Waals surface area contributed by atoms with E-state index >= 15 is 0 Å². The van der Waals surface area contributed by atoms with Crippen molar-refractivity contribution in [3.63, 3.8) is 0 Å². The summed E-state index contributed by atoms with van der Waals surface area (Å²) < 4.78 is 0. The van der Waals surface area contributed by atoms with Gasteiger partial charge in [0, 0.05) is 12.1 Å². The predicted molar refractivity (Wildman–Crippen MR) is 38.9 cm³/mol. The smallest absolute Gasteiger partial charge is 0.0849 e. The van der Waals surface area contributed by atoms with Gasteiger partial charge in [-0.15, -0.1) is 0 Å². The van der Waals surface area contributed by atoms with Crippen LogP contribution in [0.4, 0.5) is 0 Å². The van der Waals surface area contributed by atoms with E-state index in [1.807, 2.05) is 12.3 Å². The molecule has 0 amide bonds. The summed E-state index contributed by atoms with van der Waals surface area (Å²) in [7, 11) is 0. The molecule has 0 spiro atoms. The van der Waals surface area contributed by atoms with E-state index in [0.29, 0.717) is 5.92 Å². The zero-order valence-electron chi connectivity index (χ0n) is 5.58. The molecular formula is C8H9NO. The Hall–Kier alpha value is -1.02. The van der Waals surface area contributed by atoms with Crippen molar-refractivity contribution in [3.8, 4) is 0 Å². The van der Waals surface area contributed by atoms with Gasteiger partial charge in [-0.05, 0) is 5.57 Å². The number of allylic oxidation sites excluding steroid dienone is 3. The van der Waals surface area contributed by atoms with Crippen LogP contribution < -0.4 is 5.48 Å². The summed E-state index contributed by atoms with van der Waals surface area (Å²) in [4.78, 5) is 5.03. The molecule has 1 atom stereocenters. The summed E-state index contributed by atoms with van der Waals surface area (Å²) >= 11 is 0. The lowest BCUT2D eigenvalue weighted by Gasteiger charge is -2.21. The second kappa shape index (κ2) is 2.31. The minimum Gasteiger partial charge on any atom is -0.276 e. The molecule has 2 rings (SSSR count). The molecule has 0 aromatic carbocycles. The molecule has 0 aromatic heterocycles. The fraction of sp³-hybridized carbons (Fsp3) is 0.250. The molecule has 0 saturated heterocycles. The Morgan fingerprint density at radius 3 is 3.40 bits per heavy atom. The summed E-state index contributed by atoms with van der Waals surface area (Å²) in [5.74, 6) is 0.464. The van der Waals surface area contributed by atoms with Crippen LogP contribution in [0.2, 0.25) is 0 Å². The van der Waals surface area contributed by atoms with Crippen LogP contribution in [0.1, 0.15) is 0 Å². The fourth-order valence-corrected chi connectivity index (χ4v) is 1.15. The largest absolute Gasteiger partial charge is 0.276 e. The maximum atomic E-state index is 5.03. The predicted octanol–water partition coefficient (Wildman–Crippen LogP) is 1.15. The molecule has 52 valence electrons. The second-order valence-electron chi connectivity index (χ2n) is 2.42. The zero-order valence-corrected chi connectivity index (χ0v) is 5.58. The zero-order chi connectivity index (χ0) is 6.81. The minimum atomic E-state index is 0.464.